The highest BCUT2D eigenvalue weighted by atomic mass is 15.1. The molecule has 0 unspecified atom stereocenters. The zero-order valence-electron chi connectivity index (χ0n) is 30.8. The fourth-order valence-corrected chi connectivity index (χ4v) is 9.17. The van der Waals surface area contributed by atoms with Crippen LogP contribution in [0.15, 0.2) is 200 Å². The van der Waals surface area contributed by atoms with Gasteiger partial charge < -0.3 is 9.13 Å². The number of hydrogen-bond acceptors (Lipinski definition) is 2. The lowest BCUT2D eigenvalue weighted by atomic mass is 9.89. The van der Waals surface area contributed by atoms with Crippen molar-refractivity contribution in [1.82, 2.24) is 23.7 Å². The molecule has 0 radical (unpaired) electrons. The van der Waals surface area contributed by atoms with Crippen LogP contribution in [0.1, 0.15) is 0 Å². The molecule has 0 fully saturated rings. The first-order valence-electron chi connectivity index (χ1n) is 19.3. The van der Waals surface area contributed by atoms with Crippen LogP contribution >= 0.6 is 0 Å². The molecule has 57 heavy (non-hydrogen) atoms. The molecule has 0 aliphatic carbocycles. The van der Waals surface area contributed by atoms with Gasteiger partial charge in [0.25, 0.3) is 0 Å². The van der Waals surface area contributed by atoms with E-state index in [-0.39, 0.29) is 0 Å². The number of aromatic nitrogens is 5. The van der Waals surface area contributed by atoms with Crippen LogP contribution in [0.4, 0.5) is 0 Å². The van der Waals surface area contributed by atoms with E-state index in [0.29, 0.717) is 0 Å². The van der Waals surface area contributed by atoms with E-state index in [4.69, 9.17) is 9.97 Å². The standard InChI is InChI=1S/C52H33N5/c1-4-16-34(17-5-1)37-29-30-39-38-22-10-12-25-42(38)56(36-20-8-3-9-21-36)52(39)49(37)41-24-14-27-44-48(41)40-23-11-13-26-43(40)57(44)47-32-31-46-51(54-47)50-45(28-15-33-53-50)55(46)35-18-6-2-7-19-35/h1-33H. The highest BCUT2D eigenvalue weighted by Gasteiger charge is 2.25. The van der Waals surface area contributed by atoms with Crippen molar-refractivity contribution >= 4 is 65.7 Å². The molecule has 0 amide bonds. The minimum absolute atomic E-state index is 0.850. The largest absolute Gasteiger partial charge is 0.309 e. The monoisotopic (exact) mass is 727 g/mol. The first kappa shape index (κ1) is 31.6. The summed E-state index contributed by atoms with van der Waals surface area (Å²) >= 11 is 0. The van der Waals surface area contributed by atoms with Crippen LogP contribution in [0.3, 0.4) is 0 Å². The topological polar surface area (TPSA) is 40.6 Å². The highest BCUT2D eigenvalue weighted by Crippen LogP contribution is 2.47. The third kappa shape index (κ3) is 4.63. The molecule has 5 nitrogen and oxygen atoms in total. The Hall–Kier alpha value is -7.76. The second-order valence-corrected chi connectivity index (χ2v) is 14.6. The lowest BCUT2D eigenvalue weighted by Crippen LogP contribution is -1.99. The van der Waals surface area contributed by atoms with Crippen molar-refractivity contribution in [2.75, 3.05) is 0 Å². The molecule has 0 aliphatic rings. The molecule has 5 heteroatoms. The van der Waals surface area contributed by atoms with Crippen molar-refractivity contribution in [2.24, 2.45) is 0 Å². The summed E-state index contributed by atoms with van der Waals surface area (Å²) in [7, 11) is 0. The van der Waals surface area contributed by atoms with E-state index >= 15 is 0 Å². The van der Waals surface area contributed by atoms with E-state index in [0.717, 1.165) is 50.3 Å². The molecule has 12 rings (SSSR count). The number of pyridine rings is 2. The van der Waals surface area contributed by atoms with Gasteiger partial charge in [-0.05, 0) is 83.4 Å². The number of benzene rings is 7. The van der Waals surface area contributed by atoms with Crippen LogP contribution in [0.25, 0.3) is 105 Å². The van der Waals surface area contributed by atoms with E-state index in [1.807, 2.05) is 18.3 Å². The molecule has 5 aromatic heterocycles. The minimum Gasteiger partial charge on any atom is -0.309 e. The smallest absolute Gasteiger partial charge is 0.138 e. The molecule has 0 saturated carbocycles. The van der Waals surface area contributed by atoms with Gasteiger partial charge in [-0.3, -0.25) is 9.55 Å². The zero-order chi connectivity index (χ0) is 37.5. The molecule has 0 aliphatic heterocycles. The fourth-order valence-electron chi connectivity index (χ4n) is 9.17. The van der Waals surface area contributed by atoms with Crippen LogP contribution in [0.5, 0.6) is 0 Å². The summed E-state index contributed by atoms with van der Waals surface area (Å²) in [6.07, 6.45) is 1.86. The van der Waals surface area contributed by atoms with Crippen molar-refractivity contribution < 1.29 is 0 Å². The third-order valence-corrected chi connectivity index (χ3v) is 11.5. The Morgan fingerprint density at radius 2 is 0.965 bits per heavy atom. The molecule has 7 aromatic carbocycles. The predicted molar refractivity (Wildman–Crippen MR) is 236 cm³/mol. The molecule has 5 heterocycles. The van der Waals surface area contributed by atoms with Gasteiger partial charge in [0.1, 0.15) is 16.9 Å². The van der Waals surface area contributed by atoms with Crippen LogP contribution in [-0.4, -0.2) is 23.7 Å². The summed E-state index contributed by atoms with van der Waals surface area (Å²) in [4.78, 5) is 10.3. The second-order valence-electron chi connectivity index (χ2n) is 14.6. The SMILES string of the molecule is c1ccc(-c2ccc3c4ccccc4n(-c4ccccc4)c3c2-c2cccc3c2c2ccccc2n3-c2ccc3c(n2)c2ncccc2n3-c2ccccc2)cc1. The van der Waals surface area contributed by atoms with Crippen LogP contribution in [-0.2, 0) is 0 Å². The van der Waals surface area contributed by atoms with Crippen LogP contribution in [0.2, 0.25) is 0 Å². The van der Waals surface area contributed by atoms with E-state index in [9.17, 15) is 0 Å². The molecule has 0 bridgehead atoms. The van der Waals surface area contributed by atoms with Crippen molar-refractivity contribution in [3.05, 3.63) is 200 Å². The lowest BCUT2D eigenvalue weighted by Gasteiger charge is -2.17. The predicted octanol–water partition coefficient (Wildman–Crippen LogP) is 13.1. The lowest BCUT2D eigenvalue weighted by molar-refractivity contribution is 1.10. The van der Waals surface area contributed by atoms with Crippen LogP contribution < -0.4 is 0 Å². The average molecular weight is 728 g/mol. The maximum atomic E-state index is 5.47. The van der Waals surface area contributed by atoms with Gasteiger partial charge in [0.15, 0.2) is 0 Å². The van der Waals surface area contributed by atoms with Gasteiger partial charge in [0.2, 0.25) is 0 Å². The van der Waals surface area contributed by atoms with Crippen molar-refractivity contribution in [2.45, 2.75) is 0 Å². The van der Waals surface area contributed by atoms with E-state index in [1.165, 1.54) is 54.8 Å². The van der Waals surface area contributed by atoms with Gasteiger partial charge in [-0.15, -0.1) is 0 Å². The Bertz CT molecular complexity index is 3500. The summed E-state index contributed by atoms with van der Waals surface area (Å²) in [5.74, 6) is 0.850. The number of rotatable bonds is 5. The van der Waals surface area contributed by atoms with Gasteiger partial charge in [-0.2, -0.15) is 0 Å². The number of fused-ring (bicyclic) bond motifs is 9. The number of nitrogens with zero attached hydrogens (tertiary/aromatic N) is 5. The quantitative estimate of drug-likeness (QED) is 0.177. The molecule has 0 N–H and O–H groups in total. The zero-order valence-corrected chi connectivity index (χ0v) is 30.8. The highest BCUT2D eigenvalue weighted by molar-refractivity contribution is 6.23. The summed E-state index contributed by atoms with van der Waals surface area (Å²) in [5, 5.41) is 4.81. The first-order chi connectivity index (χ1) is 28.3. The molecule has 12 aromatic rings. The Morgan fingerprint density at radius 1 is 0.351 bits per heavy atom. The number of hydrogen-bond donors (Lipinski definition) is 0. The first-order valence-corrected chi connectivity index (χ1v) is 19.3. The molecular formula is C52H33N5. The summed E-state index contributed by atoms with van der Waals surface area (Å²) < 4.78 is 7.04. The second kappa shape index (κ2) is 12.4. The maximum Gasteiger partial charge on any atom is 0.138 e. The average Bonchev–Trinajstić information content (AvgIpc) is 3.93. The Labute approximate surface area is 328 Å². The fraction of sp³-hybridized carbons (Fsp3) is 0. The Kier molecular flexibility index (Phi) is 6.86. The Morgan fingerprint density at radius 3 is 1.74 bits per heavy atom. The van der Waals surface area contributed by atoms with Gasteiger partial charge >= 0.3 is 0 Å². The van der Waals surface area contributed by atoms with Crippen molar-refractivity contribution in [3.63, 3.8) is 0 Å². The van der Waals surface area contributed by atoms with E-state index in [1.54, 1.807) is 0 Å². The van der Waals surface area contributed by atoms with Gasteiger partial charge in [-0.25, -0.2) is 4.98 Å². The number of para-hydroxylation sites is 4. The summed E-state index contributed by atoms with van der Waals surface area (Å²) in [6, 6.07) is 69.4. The third-order valence-electron chi connectivity index (χ3n) is 11.5. The van der Waals surface area contributed by atoms with E-state index < -0.39 is 0 Å². The molecule has 0 spiro atoms. The van der Waals surface area contributed by atoms with Gasteiger partial charge in [0.05, 0.1) is 33.1 Å². The maximum absolute atomic E-state index is 5.47. The normalized spacial score (nSPS) is 11.9. The summed E-state index contributed by atoms with van der Waals surface area (Å²) in [5.41, 5.74) is 15.3. The molecular weight excluding hydrogens is 695 g/mol. The molecule has 0 saturated heterocycles. The Balaban J connectivity index is 1.20. The van der Waals surface area contributed by atoms with E-state index in [2.05, 4.69) is 196 Å². The minimum atomic E-state index is 0.850. The van der Waals surface area contributed by atoms with Crippen molar-refractivity contribution in [3.8, 4) is 39.4 Å². The van der Waals surface area contributed by atoms with Crippen LogP contribution in [0, 0.1) is 0 Å². The van der Waals surface area contributed by atoms with Crippen molar-refractivity contribution in [1.29, 1.82) is 0 Å². The molecule has 266 valence electrons. The molecule has 0 atom stereocenters. The van der Waals surface area contributed by atoms with Gasteiger partial charge in [0, 0.05) is 44.7 Å². The summed E-state index contributed by atoms with van der Waals surface area (Å²) in [6.45, 7) is 0. The van der Waals surface area contributed by atoms with Gasteiger partial charge in [-0.1, -0.05) is 127 Å².